The van der Waals surface area contributed by atoms with Crippen molar-refractivity contribution in [1.82, 2.24) is 13.7 Å². The van der Waals surface area contributed by atoms with Crippen molar-refractivity contribution in [1.29, 1.82) is 0 Å². The first kappa shape index (κ1) is 25.8. The second-order valence-electron chi connectivity index (χ2n) is 6.94. The Balaban J connectivity index is 3.91. The van der Waals surface area contributed by atoms with E-state index in [0.29, 0.717) is 13.7 Å². The molecule has 0 spiro atoms. The SMILES string of the molecule is C=C(C)C(=O)OC(CC)n1c(=O)n(C(O)CC)c(=O)n(C(CC)OC(=O)C(=C)C)c1=O. The van der Waals surface area contributed by atoms with Crippen LogP contribution in [0.3, 0.4) is 0 Å². The zero-order chi connectivity index (χ0) is 24.0. The van der Waals surface area contributed by atoms with Gasteiger partial charge in [0.05, 0.1) is 0 Å². The molecule has 3 atom stereocenters. The fraction of sp³-hybridized carbons (Fsp3) is 0.550. The second-order valence-corrected chi connectivity index (χ2v) is 6.94. The van der Waals surface area contributed by atoms with E-state index in [9.17, 15) is 29.1 Å². The Bertz CT molecular complexity index is 972. The number of aliphatic hydroxyl groups is 1. The normalized spacial score (nSPS) is 13.7. The second kappa shape index (κ2) is 10.7. The molecular weight excluding hydrogens is 410 g/mol. The van der Waals surface area contributed by atoms with Gasteiger partial charge in [0.1, 0.15) is 6.23 Å². The van der Waals surface area contributed by atoms with Crippen molar-refractivity contribution in [2.75, 3.05) is 0 Å². The van der Waals surface area contributed by atoms with Gasteiger partial charge in [0.2, 0.25) is 0 Å². The van der Waals surface area contributed by atoms with Crippen molar-refractivity contribution < 1.29 is 24.2 Å². The summed E-state index contributed by atoms with van der Waals surface area (Å²) in [5.41, 5.74) is -3.41. The lowest BCUT2D eigenvalue weighted by Crippen LogP contribution is -2.58. The summed E-state index contributed by atoms with van der Waals surface area (Å²) in [6, 6.07) is 0. The number of ether oxygens (including phenoxy) is 2. The fourth-order valence-electron chi connectivity index (χ4n) is 2.61. The molecule has 0 saturated carbocycles. The number of aliphatic hydroxyl groups excluding tert-OH is 1. The van der Waals surface area contributed by atoms with Crippen molar-refractivity contribution in [3.8, 4) is 0 Å². The van der Waals surface area contributed by atoms with E-state index in [0.717, 1.165) is 0 Å². The smallest absolute Gasteiger partial charge is 0.342 e. The summed E-state index contributed by atoms with van der Waals surface area (Å²) >= 11 is 0. The summed E-state index contributed by atoms with van der Waals surface area (Å²) in [6.45, 7) is 14.3. The van der Waals surface area contributed by atoms with E-state index in [2.05, 4.69) is 13.2 Å². The van der Waals surface area contributed by atoms with Crippen molar-refractivity contribution in [2.24, 2.45) is 0 Å². The minimum Gasteiger partial charge on any atom is -0.438 e. The Morgan fingerprint density at radius 1 is 0.774 bits per heavy atom. The lowest BCUT2D eigenvalue weighted by atomic mass is 10.3. The minimum absolute atomic E-state index is 0.00304. The standard InChI is InChI=1S/C20H29N3O8/c1-8-13(24)21-18(27)22(14(9-2)30-16(25)11(4)5)20(29)23(19(21)28)15(10-3)31-17(26)12(6)7/h13-15,24H,4,6,8-10H2,1-3,5,7H3. The van der Waals surface area contributed by atoms with Crippen LogP contribution in [0.15, 0.2) is 38.7 Å². The number of carbonyl (C=O) groups is 2. The van der Waals surface area contributed by atoms with Gasteiger partial charge in [-0.2, -0.15) is 0 Å². The Morgan fingerprint density at radius 3 is 1.35 bits per heavy atom. The van der Waals surface area contributed by atoms with Crippen LogP contribution >= 0.6 is 0 Å². The number of hydrogen-bond acceptors (Lipinski definition) is 8. The summed E-state index contributed by atoms with van der Waals surface area (Å²) in [5, 5.41) is 10.3. The fourth-order valence-corrected chi connectivity index (χ4v) is 2.61. The molecule has 0 amide bonds. The maximum atomic E-state index is 13.2. The lowest BCUT2D eigenvalue weighted by molar-refractivity contribution is -0.150. The van der Waals surface area contributed by atoms with E-state index >= 15 is 0 Å². The summed E-state index contributed by atoms with van der Waals surface area (Å²) < 4.78 is 11.9. The molecule has 1 rings (SSSR count). The summed E-state index contributed by atoms with van der Waals surface area (Å²) in [5.74, 6) is -1.70. The number of aromatic nitrogens is 3. The molecule has 0 aromatic carbocycles. The largest absolute Gasteiger partial charge is 0.438 e. The van der Waals surface area contributed by atoms with E-state index in [-0.39, 0.29) is 30.4 Å². The van der Waals surface area contributed by atoms with Gasteiger partial charge >= 0.3 is 29.0 Å². The average Bonchev–Trinajstić information content (AvgIpc) is 2.71. The molecule has 0 aliphatic carbocycles. The Morgan fingerprint density at radius 2 is 1.10 bits per heavy atom. The van der Waals surface area contributed by atoms with Crippen LogP contribution < -0.4 is 17.1 Å². The molecule has 11 heteroatoms. The van der Waals surface area contributed by atoms with Crippen LogP contribution in [0.25, 0.3) is 0 Å². The minimum atomic E-state index is -1.57. The summed E-state index contributed by atoms with van der Waals surface area (Å²) in [7, 11) is 0. The predicted octanol–water partition coefficient (Wildman–Crippen LogP) is 1.13. The monoisotopic (exact) mass is 439 g/mol. The number of rotatable bonds is 10. The van der Waals surface area contributed by atoms with Crippen LogP contribution in [0.1, 0.15) is 72.6 Å². The number of hydrogen-bond donors (Lipinski definition) is 1. The first-order valence-electron chi connectivity index (χ1n) is 9.83. The summed E-state index contributed by atoms with van der Waals surface area (Å²) in [4.78, 5) is 63.1. The summed E-state index contributed by atoms with van der Waals surface area (Å²) in [6.07, 6.45) is -4.38. The molecule has 172 valence electrons. The van der Waals surface area contributed by atoms with Gasteiger partial charge in [-0.15, -0.1) is 0 Å². The van der Waals surface area contributed by atoms with Gasteiger partial charge in [-0.1, -0.05) is 33.9 Å². The third kappa shape index (κ3) is 5.48. The molecule has 1 N–H and O–H groups in total. The average molecular weight is 439 g/mol. The van der Waals surface area contributed by atoms with Gasteiger partial charge in [-0.25, -0.2) is 37.7 Å². The van der Waals surface area contributed by atoms with Crippen LogP contribution in [0.2, 0.25) is 0 Å². The molecule has 0 fully saturated rings. The molecule has 0 aliphatic heterocycles. The first-order valence-corrected chi connectivity index (χ1v) is 9.83. The molecule has 0 aliphatic rings. The Labute approximate surface area is 178 Å². The topological polar surface area (TPSA) is 139 Å². The molecule has 3 unspecified atom stereocenters. The van der Waals surface area contributed by atoms with Crippen molar-refractivity contribution in [2.45, 2.75) is 72.6 Å². The van der Waals surface area contributed by atoms with Gasteiger partial charge in [0.15, 0.2) is 12.5 Å². The number of esters is 2. The molecule has 1 aromatic heterocycles. The van der Waals surface area contributed by atoms with Crippen LogP contribution in [-0.4, -0.2) is 30.7 Å². The maximum Gasteiger partial charge on any atom is 0.342 e. The highest BCUT2D eigenvalue weighted by Crippen LogP contribution is 2.14. The highest BCUT2D eigenvalue weighted by Gasteiger charge is 2.29. The highest BCUT2D eigenvalue weighted by molar-refractivity contribution is 5.87. The van der Waals surface area contributed by atoms with Gasteiger partial charge < -0.3 is 14.6 Å². The lowest BCUT2D eigenvalue weighted by Gasteiger charge is -2.24. The quantitative estimate of drug-likeness (QED) is 0.423. The third-order valence-corrected chi connectivity index (χ3v) is 4.36. The Kier molecular flexibility index (Phi) is 8.92. The van der Waals surface area contributed by atoms with Crippen LogP contribution in [0.4, 0.5) is 0 Å². The first-order chi connectivity index (χ1) is 14.4. The predicted molar refractivity (Wildman–Crippen MR) is 111 cm³/mol. The zero-order valence-electron chi connectivity index (χ0n) is 18.4. The highest BCUT2D eigenvalue weighted by atomic mass is 16.6. The van der Waals surface area contributed by atoms with Gasteiger partial charge in [0.25, 0.3) is 0 Å². The van der Waals surface area contributed by atoms with E-state index in [1.54, 1.807) is 13.8 Å². The molecule has 1 aromatic rings. The van der Waals surface area contributed by atoms with Crippen LogP contribution in [0, 0.1) is 0 Å². The maximum absolute atomic E-state index is 13.2. The van der Waals surface area contributed by atoms with Crippen LogP contribution in [-0.2, 0) is 19.1 Å². The Hall–Kier alpha value is -3.21. The van der Waals surface area contributed by atoms with Gasteiger partial charge in [0, 0.05) is 24.0 Å². The van der Waals surface area contributed by atoms with E-state index in [4.69, 9.17) is 9.47 Å². The molecule has 1 heterocycles. The van der Waals surface area contributed by atoms with E-state index < -0.39 is 47.7 Å². The molecule has 0 bridgehead atoms. The van der Waals surface area contributed by atoms with Gasteiger partial charge in [-0.05, 0) is 20.3 Å². The van der Waals surface area contributed by atoms with Gasteiger partial charge in [-0.3, -0.25) is 0 Å². The van der Waals surface area contributed by atoms with E-state index in [1.165, 1.54) is 20.8 Å². The molecule has 31 heavy (non-hydrogen) atoms. The molecule has 11 nitrogen and oxygen atoms in total. The van der Waals surface area contributed by atoms with Crippen molar-refractivity contribution >= 4 is 11.9 Å². The number of carbonyl (C=O) groups excluding carboxylic acids is 2. The van der Waals surface area contributed by atoms with Crippen molar-refractivity contribution in [3.63, 3.8) is 0 Å². The molecule has 0 radical (unpaired) electrons. The number of nitrogens with zero attached hydrogens (tertiary/aromatic N) is 3. The van der Waals surface area contributed by atoms with E-state index in [1.807, 2.05) is 0 Å². The third-order valence-electron chi connectivity index (χ3n) is 4.36. The zero-order valence-corrected chi connectivity index (χ0v) is 18.4. The molecule has 0 saturated heterocycles. The van der Waals surface area contributed by atoms with Crippen molar-refractivity contribution in [3.05, 3.63) is 55.8 Å². The van der Waals surface area contributed by atoms with Crippen LogP contribution in [0.5, 0.6) is 0 Å². The molecular formula is C20H29N3O8.